The highest BCUT2D eigenvalue weighted by atomic mass is 16.3. The molecule has 320 valence electrons. The van der Waals surface area contributed by atoms with Crippen LogP contribution in [-0.2, 0) is 0 Å². The Morgan fingerprint density at radius 3 is 1.60 bits per heavy atom. The molecule has 0 aromatic heterocycles. The number of hydrogen-bond acceptors (Lipinski definition) is 2. The molecular weight excluding hydrogens is 693 g/mol. The van der Waals surface area contributed by atoms with Crippen LogP contribution in [0.15, 0.2) is 83.1 Å². The molecule has 2 N–H and O–H groups in total. The molecule has 6 fully saturated rings. The maximum absolute atomic E-state index is 10.0. The first-order valence-electron chi connectivity index (χ1n) is 24.2. The second-order valence-electron chi connectivity index (χ2n) is 21.7. The van der Waals surface area contributed by atoms with Crippen LogP contribution in [0.1, 0.15) is 184 Å². The zero-order valence-corrected chi connectivity index (χ0v) is 38.6. The standard InChI is InChI=1S/C28H44O.C27H44O/c1-19(2)20(3)9-10-22(5)26-15-16-27-23(8-7-17-28(26,27)6)12-13-24-18-25(29)14-11-21(24)4;1-19(2)8-6-9-21(4)25-15-16-26-22(10-7-17-27(25,26)5)12-13-23-18-24(28)14-11-20(23)3/h9-10,12-13,19-20,22,25-27,29H,4,7-8,11,14-18H2,1-3,5-6H3;12-13,19,21,24-26,28H,3,6-11,14-18H2,1-2,4-5H3/b10-9+,23-12+,24-13-;22-12+,23-13-/t20-,22+,25-,26+,27-,28+;21-,24+,25-,26+,27-/m01/s1. The number of hydrogen-bond donors (Lipinski definition) is 2. The minimum Gasteiger partial charge on any atom is -0.393 e. The van der Waals surface area contributed by atoms with Crippen molar-refractivity contribution in [3.63, 3.8) is 0 Å². The Bertz CT molecular complexity index is 1510. The summed E-state index contributed by atoms with van der Waals surface area (Å²) in [4.78, 5) is 0. The fraction of sp³-hybridized carbons (Fsp3) is 0.745. The van der Waals surface area contributed by atoms with Gasteiger partial charge in [-0.2, -0.15) is 0 Å². The predicted molar refractivity (Wildman–Crippen MR) is 247 cm³/mol. The fourth-order valence-electron chi connectivity index (χ4n) is 12.9. The first kappa shape index (κ1) is 46.2. The molecule has 6 saturated carbocycles. The topological polar surface area (TPSA) is 40.5 Å². The van der Waals surface area contributed by atoms with Crippen LogP contribution in [0.5, 0.6) is 0 Å². The van der Waals surface area contributed by atoms with Crippen LogP contribution < -0.4 is 0 Å². The number of aliphatic hydroxyl groups is 2. The molecule has 0 saturated heterocycles. The molecule has 0 amide bonds. The van der Waals surface area contributed by atoms with Gasteiger partial charge in [0.15, 0.2) is 0 Å². The molecule has 0 unspecified atom stereocenters. The second kappa shape index (κ2) is 20.6. The molecule has 11 atom stereocenters. The van der Waals surface area contributed by atoms with E-state index < -0.39 is 0 Å². The van der Waals surface area contributed by atoms with E-state index >= 15 is 0 Å². The molecule has 0 heterocycles. The van der Waals surface area contributed by atoms with E-state index in [2.05, 4.69) is 112 Å². The monoisotopic (exact) mass is 781 g/mol. The summed E-state index contributed by atoms with van der Waals surface area (Å²) in [6.45, 7) is 30.3. The molecule has 6 rings (SSSR count). The van der Waals surface area contributed by atoms with Crippen LogP contribution in [0.25, 0.3) is 0 Å². The van der Waals surface area contributed by atoms with Crippen molar-refractivity contribution < 1.29 is 10.2 Å². The Labute approximate surface area is 352 Å². The molecule has 0 aliphatic heterocycles. The number of aliphatic hydroxyl groups excluding tert-OH is 2. The smallest absolute Gasteiger partial charge is 0.0583 e. The van der Waals surface area contributed by atoms with Crippen LogP contribution >= 0.6 is 0 Å². The Hall–Kier alpha value is -1.90. The zero-order valence-electron chi connectivity index (χ0n) is 38.6. The maximum atomic E-state index is 10.0. The highest BCUT2D eigenvalue weighted by molar-refractivity contribution is 5.37. The Kier molecular flexibility index (Phi) is 16.7. The summed E-state index contributed by atoms with van der Waals surface area (Å²) >= 11 is 0. The van der Waals surface area contributed by atoms with Crippen LogP contribution in [0.3, 0.4) is 0 Å². The molecule has 57 heavy (non-hydrogen) atoms. The van der Waals surface area contributed by atoms with Crippen molar-refractivity contribution in [1.29, 1.82) is 0 Å². The molecule has 0 spiro atoms. The Balaban J connectivity index is 0.000000218. The van der Waals surface area contributed by atoms with Gasteiger partial charge in [0.25, 0.3) is 0 Å². The maximum Gasteiger partial charge on any atom is 0.0583 e. The molecule has 0 aromatic carbocycles. The molecule has 2 heteroatoms. The van der Waals surface area contributed by atoms with E-state index in [9.17, 15) is 10.2 Å². The Morgan fingerprint density at radius 2 is 1.11 bits per heavy atom. The minimum atomic E-state index is -0.182. The number of rotatable bonds is 11. The van der Waals surface area contributed by atoms with Crippen molar-refractivity contribution in [3.8, 4) is 0 Å². The summed E-state index contributed by atoms with van der Waals surface area (Å²) in [6.07, 6.45) is 37.0. The molecule has 2 nitrogen and oxygen atoms in total. The number of fused-ring (bicyclic) bond motifs is 2. The quantitative estimate of drug-likeness (QED) is 0.205. The predicted octanol–water partition coefficient (Wildman–Crippen LogP) is 15.3. The van der Waals surface area contributed by atoms with Gasteiger partial charge < -0.3 is 10.2 Å². The normalized spacial score (nSPS) is 37.9. The third-order valence-corrected chi connectivity index (χ3v) is 17.0. The summed E-state index contributed by atoms with van der Waals surface area (Å²) < 4.78 is 0. The fourth-order valence-corrected chi connectivity index (χ4v) is 12.9. The van der Waals surface area contributed by atoms with Gasteiger partial charge in [-0.1, -0.05) is 153 Å². The van der Waals surface area contributed by atoms with Crippen LogP contribution in [-0.4, -0.2) is 22.4 Å². The van der Waals surface area contributed by atoms with Gasteiger partial charge in [-0.15, -0.1) is 0 Å². The van der Waals surface area contributed by atoms with Crippen molar-refractivity contribution in [2.75, 3.05) is 0 Å². The summed E-state index contributed by atoms with van der Waals surface area (Å²) in [5.74, 6) is 6.95. The second-order valence-corrected chi connectivity index (χ2v) is 21.7. The van der Waals surface area contributed by atoms with E-state index in [1.807, 2.05) is 0 Å². The summed E-state index contributed by atoms with van der Waals surface area (Å²) in [6, 6.07) is 0. The third kappa shape index (κ3) is 11.5. The van der Waals surface area contributed by atoms with Crippen molar-refractivity contribution in [2.24, 2.45) is 64.1 Å². The minimum absolute atomic E-state index is 0.172. The van der Waals surface area contributed by atoms with E-state index in [1.54, 1.807) is 11.1 Å². The first-order valence-corrected chi connectivity index (χ1v) is 24.2. The van der Waals surface area contributed by atoms with Gasteiger partial charge in [0.05, 0.1) is 12.2 Å². The van der Waals surface area contributed by atoms with Crippen LogP contribution in [0.4, 0.5) is 0 Å². The highest BCUT2D eigenvalue weighted by Crippen LogP contribution is 2.61. The lowest BCUT2D eigenvalue weighted by molar-refractivity contribution is 0.0928. The molecule has 6 aliphatic rings. The van der Waals surface area contributed by atoms with Gasteiger partial charge in [0, 0.05) is 0 Å². The van der Waals surface area contributed by atoms with Crippen LogP contribution in [0, 0.1) is 64.1 Å². The summed E-state index contributed by atoms with van der Waals surface area (Å²) in [5, 5.41) is 20.1. The van der Waals surface area contributed by atoms with E-state index in [0.29, 0.717) is 22.7 Å². The molecule has 0 radical (unpaired) electrons. The van der Waals surface area contributed by atoms with Crippen molar-refractivity contribution in [2.45, 2.75) is 197 Å². The lowest BCUT2D eigenvalue weighted by Crippen LogP contribution is -2.36. The van der Waals surface area contributed by atoms with Gasteiger partial charge in [0.2, 0.25) is 0 Å². The van der Waals surface area contributed by atoms with Crippen LogP contribution in [0.2, 0.25) is 0 Å². The van der Waals surface area contributed by atoms with E-state index in [-0.39, 0.29) is 12.2 Å². The molecule has 0 bridgehead atoms. The largest absolute Gasteiger partial charge is 0.393 e. The van der Waals surface area contributed by atoms with E-state index in [4.69, 9.17) is 0 Å². The first-order chi connectivity index (χ1) is 27.0. The van der Waals surface area contributed by atoms with E-state index in [0.717, 1.165) is 80.0 Å². The summed E-state index contributed by atoms with van der Waals surface area (Å²) in [5.41, 5.74) is 9.32. The van der Waals surface area contributed by atoms with Gasteiger partial charge >= 0.3 is 0 Å². The third-order valence-electron chi connectivity index (χ3n) is 17.0. The summed E-state index contributed by atoms with van der Waals surface area (Å²) in [7, 11) is 0. The SMILES string of the molecule is C=C1CC[C@H](O)C/C1=C/C=C1\CCC[C@]2(C)[C@@H]([C@H](C)/C=C/[C@H](C)C(C)C)CC[C@@H]12.C=C1CC[C@H](O)C/C1=C/C=C1\CCC[C@]2(C)[C@@H]([C@H](C)CCCC(C)C)CC[C@@H]12. The van der Waals surface area contributed by atoms with Crippen molar-refractivity contribution >= 4 is 0 Å². The van der Waals surface area contributed by atoms with Crippen molar-refractivity contribution in [3.05, 3.63) is 83.1 Å². The van der Waals surface area contributed by atoms with Crippen molar-refractivity contribution in [1.82, 2.24) is 0 Å². The van der Waals surface area contributed by atoms with Gasteiger partial charge in [-0.25, -0.2) is 0 Å². The highest BCUT2D eigenvalue weighted by Gasteiger charge is 2.51. The van der Waals surface area contributed by atoms with Gasteiger partial charge in [-0.3, -0.25) is 0 Å². The lowest BCUT2D eigenvalue weighted by Gasteiger charge is -2.44. The molecule has 6 aliphatic carbocycles. The molecule has 0 aromatic rings. The number of allylic oxidation sites excluding steroid dienone is 10. The zero-order chi connectivity index (χ0) is 41.5. The average molecular weight is 781 g/mol. The average Bonchev–Trinajstić information content (AvgIpc) is 3.71. The van der Waals surface area contributed by atoms with Gasteiger partial charge in [-0.05, 0) is 178 Å². The Morgan fingerprint density at radius 1 is 0.614 bits per heavy atom. The molecular formula is C55H88O2. The van der Waals surface area contributed by atoms with E-state index in [1.165, 1.54) is 106 Å². The van der Waals surface area contributed by atoms with Gasteiger partial charge in [0.1, 0.15) is 0 Å². The lowest BCUT2D eigenvalue weighted by atomic mass is 9.60.